The largest absolute Gasteiger partial charge is 0.398 e. The van der Waals surface area contributed by atoms with E-state index in [9.17, 15) is 9.18 Å². The van der Waals surface area contributed by atoms with E-state index in [-0.39, 0.29) is 11.7 Å². The molecule has 0 heterocycles. The Morgan fingerprint density at radius 3 is 2.45 bits per heavy atom. The molecule has 0 aliphatic rings. The van der Waals surface area contributed by atoms with Gasteiger partial charge in [-0.1, -0.05) is 18.2 Å². The molecule has 0 radical (unpaired) electrons. The average Bonchev–Trinajstić information content (AvgIpc) is 2.43. The molecule has 0 aliphatic carbocycles. The maximum Gasteiger partial charge on any atom is 0.253 e. The molecule has 3 nitrogen and oxygen atoms in total. The van der Waals surface area contributed by atoms with Crippen molar-refractivity contribution in [3.63, 3.8) is 0 Å². The molecule has 0 spiro atoms. The number of nitrogen functional groups attached to an aromatic ring is 1. The van der Waals surface area contributed by atoms with Gasteiger partial charge in [0.15, 0.2) is 0 Å². The van der Waals surface area contributed by atoms with Crippen LogP contribution in [-0.2, 0) is 6.54 Å². The lowest BCUT2D eigenvalue weighted by Crippen LogP contribution is -2.26. The highest BCUT2D eigenvalue weighted by Crippen LogP contribution is 2.15. The lowest BCUT2D eigenvalue weighted by atomic mass is 10.1. The number of amides is 1. The zero-order valence-electron chi connectivity index (χ0n) is 11.6. The molecule has 2 aromatic carbocycles. The highest BCUT2D eigenvalue weighted by atomic mass is 19.1. The topological polar surface area (TPSA) is 46.3 Å². The standard InChI is InChI=1S/C16H17FN2O/c1-11-3-6-13(9-15(11)18)16(20)19(2)10-12-4-7-14(17)8-5-12/h3-9H,10,18H2,1-2H3. The molecule has 0 aliphatic heterocycles. The van der Waals surface area contributed by atoms with Crippen molar-refractivity contribution in [2.45, 2.75) is 13.5 Å². The monoisotopic (exact) mass is 272 g/mol. The lowest BCUT2D eigenvalue weighted by molar-refractivity contribution is 0.0785. The van der Waals surface area contributed by atoms with E-state index >= 15 is 0 Å². The van der Waals surface area contributed by atoms with Gasteiger partial charge in [0, 0.05) is 24.8 Å². The summed E-state index contributed by atoms with van der Waals surface area (Å²) in [5, 5.41) is 0. The summed E-state index contributed by atoms with van der Waals surface area (Å²) in [6.45, 7) is 2.32. The van der Waals surface area contributed by atoms with E-state index < -0.39 is 0 Å². The van der Waals surface area contributed by atoms with Gasteiger partial charge in [-0.05, 0) is 42.3 Å². The summed E-state index contributed by atoms with van der Waals surface area (Å²) in [7, 11) is 1.71. The van der Waals surface area contributed by atoms with Crippen LogP contribution in [0.5, 0.6) is 0 Å². The molecule has 0 unspecified atom stereocenters. The molecule has 2 rings (SSSR count). The molecular formula is C16H17FN2O. The van der Waals surface area contributed by atoms with Gasteiger partial charge in [-0.25, -0.2) is 4.39 Å². The molecule has 0 bridgehead atoms. The fourth-order valence-electron chi connectivity index (χ4n) is 1.93. The van der Waals surface area contributed by atoms with Crippen molar-refractivity contribution in [3.8, 4) is 0 Å². The van der Waals surface area contributed by atoms with Gasteiger partial charge in [0.05, 0.1) is 0 Å². The van der Waals surface area contributed by atoms with Crippen molar-refractivity contribution >= 4 is 11.6 Å². The highest BCUT2D eigenvalue weighted by molar-refractivity contribution is 5.95. The van der Waals surface area contributed by atoms with Crippen LogP contribution in [0.15, 0.2) is 42.5 Å². The van der Waals surface area contributed by atoms with E-state index in [1.165, 1.54) is 12.1 Å². The minimum absolute atomic E-state index is 0.110. The summed E-state index contributed by atoms with van der Waals surface area (Å²) < 4.78 is 12.8. The average molecular weight is 272 g/mol. The highest BCUT2D eigenvalue weighted by Gasteiger charge is 2.12. The molecule has 0 atom stereocenters. The lowest BCUT2D eigenvalue weighted by Gasteiger charge is -2.18. The number of carbonyl (C=O) groups is 1. The molecule has 2 N–H and O–H groups in total. The molecule has 0 fully saturated rings. The van der Waals surface area contributed by atoms with Crippen molar-refractivity contribution in [1.82, 2.24) is 4.90 Å². The van der Waals surface area contributed by atoms with Crippen molar-refractivity contribution < 1.29 is 9.18 Å². The van der Waals surface area contributed by atoms with Gasteiger partial charge in [0.1, 0.15) is 5.82 Å². The number of carbonyl (C=O) groups excluding carboxylic acids is 1. The number of hydrogen-bond acceptors (Lipinski definition) is 2. The van der Waals surface area contributed by atoms with E-state index in [1.807, 2.05) is 13.0 Å². The third-order valence-corrected chi connectivity index (χ3v) is 3.21. The first-order valence-corrected chi connectivity index (χ1v) is 6.33. The van der Waals surface area contributed by atoms with Gasteiger partial charge >= 0.3 is 0 Å². The van der Waals surface area contributed by atoms with Gasteiger partial charge in [-0.2, -0.15) is 0 Å². The number of benzene rings is 2. The van der Waals surface area contributed by atoms with Crippen molar-refractivity contribution in [2.24, 2.45) is 0 Å². The predicted octanol–water partition coefficient (Wildman–Crippen LogP) is 2.99. The quantitative estimate of drug-likeness (QED) is 0.873. The number of rotatable bonds is 3. The van der Waals surface area contributed by atoms with Gasteiger partial charge in [-0.3, -0.25) is 4.79 Å². The van der Waals surface area contributed by atoms with Crippen LogP contribution in [-0.4, -0.2) is 17.9 Å². The van der Waals surface area contributed by atoms with Crippen LogP contribution in [0, 0.1) is 12.7 Å². The summed E-state index contributed by atoms with van der Waals surface area (Å²) >= 11 is 0. The van der Waals surface area contributed by atoms with Crippen LogP contribution in [0.2, 0.25) is 0 Å². The summed E-state index contributed by atoms with van der Waals surface area (Å²) in [6, 6.07) is 11.4. The number of halogens is 1. The van der Waals surface area contributed by atoms with E-state index in [0.717, 1.165) is 11.1 Å². The Kier molecular flexibility index (Phi) is 4.03. The van der Waals surface area contributed by atoms with E-state index in [4.69, 9.17) is 5.73 Å². The first-order valence-electron chi connectivity index (χ1n) is 6.33. The zero-order chi connectivity index (χ0) is 14.7. The van der Waals surface area contributed by atoms with E-state index in [2.05, 4.69) is 0 Å². The third kappa shape index (κ3) is 3.15. The summed E-state index contributed by atoms with van der Waals surface area (Å²) in [5.74, 6) is -0.393. The van der Waals surface area contributed by atoms with Crippen LogP contribution in [0.3, 0.4) is 0 Å². The fourth-order valence-corrected chi connectivity index (χ4v) is 1.93. The van der Waals surface area contributed by atoms with Gasteiger partial charge < -0.3 is 10.6 Å². The number of hydrogen-bond donors (Lipinski definition) is 1. The van der Waals surface area contributed by atoms with E-state index in [1.54, 1.807) is 36.2 Å². The maximum absolute atomic E-state index is 12.8. The van der Waals surface area contributed by atoms with Crippen molar-refractivity contribution in [1.29, 1.82) is 0 Å². The van der Waals surface area contributed by atoms with Crippen molar-refractivity contribution in [3.05, 3.63) is 65.0 Å². The molecule has 4 heteroatoms. The Balaban J connectivity index is 2.11. The van der Waals surface area contributed by atoms with Crippen LogP contribution in [0.25, 0.3) is 0 Å². The Morgan fingerprint density at radius 2 is 1.85 bits per heavy atom. The minimum atomic E-state index is -0.283. The van der Waals surface area contributed by atoms with E-state index in [0.29, 0.717) is 17.8 Å². The fraction of sp³-hybridized carbons (Fsp3) is 0.188. The predicted molar refractivity (Wildman–Crippen MR) is 77.8 cm³/mol. The summed E-state index contributed by atoms with van der Waals surface area (Å²) in [4.78, 5) is 13.9. The zero-order valence-corrected chi connectivity index (χ0v) is 11.6. The Labute approximate surface area is 117 Å². The van der Waals surface area contributed by atoms with Gasteiger partial charge in [0.2, 0.25) is 0 Å². The molecule has 104 valence electrons. The molecule has 0 aromatic heterocycles. The van der Waals surface area contributed by atoms with Gasteiger partial charge in [-0.15, -0.1) is 0 Å². The van der Waals surface area contributed by atoms with Crippen LogP contribution in [0.4, 0.5) is 10.1 Å². The van der Waals surface area contributed by atoms with Crippen LogP contribution >= 0.6 is 0 Å². The number of anilines is 1. The second kappa shape index (κ2) is 5.74. The summed E-state index contributed by atoms with van der Waals surface area (Å²) in [5.41, 5.74) is 8.80. The first-order chi connectivity index (χ1) is 9.47. The van der Waals surface area contributed by atoms with Crippen LogP contribution < -0.4 is 5.73 Å². The summed E-state index contributed by atoms with van der Waals surface area (Å²) in [6.07, 6.45) is 0. The smallest absolute Gasteiger partial charge is 0.253 e. The molecular weight excluding hydrogens is 255 g/mol. The van der Waals surface area contributed by atoms with Crippen LogP contribution in [0.1, 0.15) is 21.5 Å². The molecule has 2 aromatic rings. The second-order valence-corrected chi connectivity index (χ2v) is 4.86. The van der Waals surface area contributed by atoms with Gasteiger partial charge in [0.25, 0.3) is 5.91 Å². The SMILES string of the molecule is Cc1ccc(C(=O)N(C)Cc2ccc(F)cc2)cc1N. The Hall–Kier alpha value is -2.36. The minimum Gasteiger partial charge on any atom is -0.398 e. The van der Waals surface area contributed by atoms with Crippen molar-refractivity contribution in [2.75, 3.05) is 12.8 Å². The second-order valence-electron chi connectivity index (χ2n) is 4.86. The Bertz CT molecular complexity index is 623. The molecule has 0 saturated carbocycles. The maximum atomic E-state index is 12.8. The number of aryl methyl sites for hydroxylation is 1. The number of nitrogens with zero attached hydrogens (tertiary/aromatic N) is 1. The number of nitrogens with two attached hydrogens (primary N) is 1. The Morgan fingerprint density at radius 1 is 1.20 bits per heavy atom. The molecule has 1 amide bonds. The normalized spacial score (nSPS) is 10.3. The molecule has 0 saturated heterocycles. The molecule has 20 heavy (non-hydrogen) atoms. The third-order valence-electron chi connectivity index (χ3n) is 3.21. The first kappa shape index (κ1) is 14.1.